The van der Waals surface area contributed by atoms with Crippen LogP contribution in [0.5, 0.6) is 0 Å². The lowest BCUT2D eigenvalue weighted by molar-refractivity contribution is -0.122. The number of carbonyl (C=O) groups excluding carboxylic acids is 2. The zero-order valence-electron chi connectivity index (χ0n) is 14.5. The molecule has 2 amide bonds. The molecule has 0 spiro atoms. The zero-order valence-corrected chi connectivity index (χ0v) is 16.1. The summed E-state index contributed by atoms with van der Waals surface area (Å²) in [6, 6.07) is 9.88. The molecule has 3 aromatic rings. The Labute approximate surface area is 165 Å². The SMILES string of the molecule is Cc1cc(C)n(CC(=O)NNC(=O)c2ccc(-c3cc(Cl)ccc3Cl)o2)n1. The number of aromatic nitrogens is 2. The van der Waals surface area contributed by atoms with E-state index in [0.717, 1.165) is 11.4 Å². The largest absolute Gasteiger partial charge is 0.451 e. The van der Waals surface area contributed by atoms with Crippen LogP contribution >= 0.6 is 23.2 Å². The van der Waals surface area contributed by atoms with E-state index in [-0.39, 0.29) is 12.3 Å². The third-order valence-corrected chi connectivity index (χ3v) is 4.30. The molecule has 0 atom stereocenters. The second-order valence-electron chi connectivity index (χ2n) is 5.88. The van der Waals surface area contributed by atoms with Crippen LogP contribution in [0.1, 0.15) is 21.9 Å². The molecule has 0 saturated heterocycles. The lowest BCUT2D eigenvalue weighted by atomic mass is 10.2. The highest BCUT2D eigenvalue weighted by Gasteiger charge is 2.15. The van der Waals surface area contributed by atoms with Crippen molar-refractivity contribution in [1.82, 2.24) is 20.6 Å². The second-order valence-corrected chi connectivity index (χ2v) is 6.72. The fourth-order valence-electron chi connectivity index (χ4n) is 2.49. The number of aryl methyl sites for hydroxylation is 2. The van der Waals surface area contributed by atoms with Gasteiger partial charge in [0.2, 0.25) is 0 Å². The number of nitrogens with one attached hydrogen (secondary N) is 2. The van der Waals surface area contributed by atoms with E-state index in [1.165, 1.54) is 6.07 Å². The Morgan fingerprint density at radius 1 is 1.11 bits per heavy atom. The van der Waals surface area contributed by atoms with E-state index in [4.69, 9.17) is 27.6 Å². The summed E-state index contributed by atoms with van der Waals surface area (Å²) in [6.07, 6.45) is 0. The Morgan fingerprint density at radius 3 is 2.59 bits per heavy atom. The van der Waals surface area contributed by atoms with Gasteiger partial charge in [-0.05, 0) is 50.2 Å². The fraction of sp³-hybridized carbons (Fsp3) is 0.167. The minimum absolute atomic E-state index is 0.0124. The summed E-state index contributed by atoms with van der Waals surface area (Å²) in [6.45, 7) is 3.67. The first-order valence-electron chi connectivity index (χ1n) is 7.99. The number of amides is 2. The summed E-state index contributed by atoms with van der Waals surface area (Å²) in [4.78, 5) is 24.1. The summed E-state index contributed by atoms with van der Waals surface area (Å²) in [5, 5.41) is 5.13. The highest BCUT2D eigenvalue weighted by molar-refractivity contribution is 6.35. The van der Waals surface area contributed by atoms with Crippen molar-refractivity contribution < 1.29 is 14.0 Å². The predicted molar refractivity (Wildman–Crippen MR) is 101 cm³/mol. The van der Waals surface area contributed by atoms with E-state index < -0.39 is 11.8 Å². The van der Waals surface area contributed by atoms with Crippen LogP contribution in [0, 0.1) is 13.8 Å². The summed E-state index contributed by atoms with van der Waals surface area (Å²) in [5.41, 5.74) is 6.86. The molecule has 0 unspecified atom stereocenters. The van der Waals surface area contributed by atoms with Crippen LogP contribution in [0.2, 0.25) is 10.0 Å². The van der Waals surface area contributed by atoms with Crippen molar-refractivity contribution in [3.05, 3.63) is 63.6 Å². The van der Waals surface area contributed by atoms with Gasteiger partial charge in [-0.3, -0.25) is 25.1 Å². The average Bonchev–Trinajstić information content (AvgIpc) is 3.22. The Bertz CT molecular complexity index is 1010. The minimum Gasteiger partial charge on any atom is -0.451 e. The van der Waals surface area contributed by atoms with Gasteiger partial charge >= 0.3 is 5.91 Å². The van der Waals surface area contributed by atoms with Gasteiger partial charge in [-0.25, -0.2) is 0 Å². The first-order chi connectivity index (χ1) is 12.8. The quantitative estimate of drug-likeness (QED) is 0.648. The molecule has 2 N–H and O–H groups in total. The number of furan rings is 1. The molecule has 0 saturated carbocycles. The van der Waals surface area contributed by atoms with Crippen molar-refractivity contribution in [1.29, 1.82) is 0 Å². The number of hydrogen-bond acceptors (Lipinski definition) is 4. The van der Waals surface area contributed by atoms with Crippen molar-refractivity contribution in [3.63, 3.8) is 0 Å². The summed E-state index contributed by atoms with van der Waals surface area (Å²) in [7, 11) is 0. The molecule has 0 aliphatic rings. The van der Waals surface area contributed by atoms with E-state index in [1.54, 1.807) is 28.9 Å². The maximum absolute atomic E-state index is 12.2. The number of benzene rings is 1. The number of rotatable bonds is 4. The van der Waals surface area contributed by atoms with Crippen LogP contribution in [0.25, 0.3) is 11.3 Å². The lowest BCUT2D eigenvalue weighted by Crippen LogP contribution is -2.43. The third-order valence-electron chi connectivity index (χ3n) is 3.74. The number of nitrogens with zero attached hydrogens (tertiary/aromatic N) is 2. The van der Waals surface area contributed by atoms with Gasteiger partial charge in [0.05, 0.1) is 10.7 Å². The van der Waals surface area contributed by atoms with Gasteiger partial charge in [0.1, 0.15) is 12.3 Å². The Kier molecular flexibility index (Phi) is 5.53. The topological polar surface area (TPSA) is 89.2 Å². The summed E-state index contributed by atoms with van der Waals surface area (Å²) >= 11 is 12.1. The molecule has 0 radical (unpaired) electrons. The third kappa shape index (κ3) is 4.50. The summed E-state index contributed by atoms with van der Waals surface area (Å²) < 4.78 is 7.06. The van der Waals surface area contributed by atoms with Crippen molar-refractivity contribution >= 4 is 35.0 Å². The number of halogens is 2. The van der Waals surface area contributed by atoms with Gasteiger partial charge in [0.15, 0.2) is 5.76 Å². The molecule has 3 rings (SSSR count). The van der Waals surface area contributed by atoms with E-state index in [0.29, 0.717) is 21.4 Å². The van der Waals surface area contributed by atoms with Crippen molar-refractivity contribution in [2.45, 2.75) is 20.4 Å². The predicted octanol–water partition coefficient (Wildman–Crippen LogP) is 3.53. The molecular formula is C18H16Cl2N4O3. The van der Waals surface area contributed by atoms with Gasteiger partial charge < -0.3 is 4.42 Å². The van der Waals surface area contributed by atoms with E-state index >= 15 is 0 Å². The van der Waals surface area contributed by atoms with Crippen LogP contribution < -0.4 is 10.9 Å². The highest BCUT2D eigenvalue weighted by atomic mass is 35.5. The van der Waals surface area contributed by atoms with Gasteiger partial charge in [-0.1, -0.05) is 23.2 Å². The van der Waals surface area contributed by atoms with Gasteiger partial charge in [-0.2, -0.15) is 5.10 Å². The number of hydrazine groups is 1. The van der Waals surface area contributed by atoms with Crippen molar-refractivity contribution in [2.24, 2.45) is 0 Å². The van der Waals surface area contributed by atoms with E-state index in [1.807, 2.05) is 19.9 Å². The van der Waals surface area contributed by atoms with Crippen LogP contribution in [0.3, 0.4) is 0 Å². The Morgan fingerprint density at radius 2 is 1.89 bits per heavy atom. The molecule has 0 aliphatic carbocycles. The Balaban J connectivity index is 1.62. The molecule has 0 bridgehead atoms. The smallest absolute Gasteiger partial charge is 0.305 e. The molecule has 27 heavy (non-hydrogen) atoms. The molecule has 0 fully saturated rings. The second kappa shape index (κ2) is 7.85. The molecule has 1 aromatic carbocycles. The van der Waals surface area contributed by atoms with Gasteiger partial charge in [-0.15, -0.1) is 0 Å². The Hall–Kier alpha value is -2.77. The maximum atomic E-state index is 12.2. The molecule has 2 aromatic heterocycles. The van der Waals surface area contributed by atoms with E-state index in [2.05, 4.69) is 16.0 Å². The van der Waals surface area contributed by atoms with Crippen molar-refractivity contribution in [3.8, 4) is 11.3 Å². The van der Waals surface area contributed by atoms with Crippen LogP contribution in [-0.2, 0) is 11.3 Å². The first kappa shape index (κ1) is 19.0. The van der Waals surface area contributed by atoms with Crippen LogP contribution in [0.4, 0.5) is 0 Å². The summed E-state index contributed by atoms with van der Waals surface area (Å²) in [5.74, 6) is -0.602. The molecule has 2 heterocycles. The number of hydrogen-bond donors (Lipinski definition) is 2. The first-order valence-corrected chi connectivity index (χ1v) is 8.74. The normalized spacial score (nSPS) is 10.7. The lowest BCUT2D eigenvalue weighted by Gasteiger charge is -2.07. The number of carbonyl (C=O) groups is 2. The monoisotopic (exact) mass is 406 g/mol. The van der Waals surface area contributed by atoms with Crippen molar-refractivity contribution in [2.75, 3.05) is 0 Å². The minimum atomic E-state index is -0.596. The molecule has 140 valence electrons. The maximum Gasteiger partial charge on any atom is 0.305 e. The molecular weight excluding hydrogens is 391 g/mol. The fourth-order valence-corrected chi connectivity index (χ4v) is 2.87. The average molecular weight is 407 g/mol. The zero-order chi connectivity index (χ0) is 19.6. The van der Waals surface area contributed by atoms with Gasteiger partial charge in [0, 0.05) is 16.3 Å². The van der Waals surface area contributed by atoms with Crippen LogP contribution in [0.15, 0.2) is 40.8 Å². The highest BCUT2D eigenvalue weighted by Crippen LogP contribution is 2.31. The molecule has 0 aliphatic heterocycles. The van der Waals surface area contributed by atoms with E-state index in [9.17, 15) is 9.59 Å². The molecule has 7 nitrogen and oxygen atoms in total. The molecule has 9 heteroatoms. The van der Waals surface area contributed by atoms with Crippen LogP contribution in [-0.4, -0.2) is 21.6 Å². The van der Waals surface area contributed by atoms with Gasteiger partial charge in [0.25, 0.3) is 5.91 Å². The standard InChI is InChI=1S/C18H16Cl2N4O3/c1-10-7-11(2)24(23-10)9-17(25)21-22-18(26)16-6-5-15(27-16)13-8-12(19)3-4-14(13)20/h3-8H,9H2,1-2H3,(H,21,25)(H,22,26).